The van der Waals surface area contributed by atoms with E-state index in [1.54, 1.807) is 19.0 Å². The molecule has 10 nitrogen and oxygen atoms in total. The largest absolute Gasteiger partial charge is 0.375 e. The Labute approximate surface area is 234 Å². The van der Waals surface area contributed by atoms with Crippen molar-refractivity contribution in [1.82, 2.24) is 19.8 Å². The van der Waals surface area contributed by atoms with Crippen LogP contribution in [-0.2, 0) is 22.7 Å². The minimum atomic E-state index is -1.47. The molecule has 1 fully saturated rings. The summed E-state index contributed by atoms with van der Waals surface area (Å²) in [6.07, 6.45) is 1.88. The maximum atomic E-state index is 14.0. The topological polar surface area (TPSA) is 117 Å². The molecular formula is C29H39FN6O4. The van der Waals surface area contributed by atoms with Gasteiger partial charge in [0.15, 0.2) is 0 Å². The number of carbonyl (C=O) groups is 3. The Bertz CT molecular complexity index is 1430. The number of aryl methyl sites for hydroxylation is 1. The number of pyridine rings is 2. The summed E-state index contributed by atoms with van der Waals surface area (Å²) in [7, 11) is 3.48. The number of nitrogens with zero attached hydrogens (tertiary/aromatic N) is 4. The van der Waals surface area contributed by atoms with Crippen LogP contribution in [0.1, 0.15) is 49.7 Å². The summed E-state index contributed by atoms with van der Waals surface area (Å²) >= 11 is 0. The van der Waals surface area contributed by atoms with E-state index in [1.165, 1.54) is 24.1 Å². The molecule has 4 rings (SSSR count). The average Bonchev–Trinajstić information content (AvgIpc) is 2.89. The van der Waals surface area contributed by atoms with Gasteiger partial charge in [0.1, 0.15) is 23.4 Å². The van der Waals surface area contributed by atoms with Crippen molar-refractivity contribution in [2.24, 2.45) is 0 Å². The third-order valence-electron chi connectivity index (χ3n) is 6.25. The molecule has 0 atom stereocenters. The highest BCUT2D eigenvalue weighted by Gasteiger charge is 2.41. The number of nitrogens with one attached hydrogen (secondary N) is 2. The summed E-state index contributed by atoms with van der Waals surface area (Å²) in [4.78, 5) is 58.1. The summed E-state index contributed by atoms with van der Waals surface area (Å²) in [5.41, 5.74) is 0.630. The molecule has 11 heteroatoms. The van der Waals surface area contributed by atoms with Crippen LogP contribution in [0, 0.1) is 6.92 Å². The predicted molar refractivity (Wildman–Crippen MR) is 157 cm³/mol. The maximum absolute atomic E-state index is 14.0. The van der Waals surface area contributed by atoms with Crippen molar-refractivity contribution in [3.8, 4) is 0 Å². The number of fused-ring (bicyclic) bond motifs is 1. The van der Waals surface area contributed by atoms with E-state index in [2.05, 4.69) is 15.6 Å². The van der Waals surface area contributed by atoms with Gasteiger partial charge in [-0.25, -0.2) is 9.37 Å². The standard InChI is InChI=1S/C26H29FN6O4.C2H6.CH4/c1-16-5-7-17(8-6-16)10-29-24(36)19-9-18-22(31(3)4)20(30-15-34)11-28-23(18)33(25(19)37)12-21(35)32-13-26(2,27)14-32;1-2;/h5-9,11,15H,10,12-14H2,1-4H3,(H,29,36)(H,30,34);1-2H3;1H4. The first-order chi connectivity index (χ1) is 18.5. The van der Waals surface area contributed by atoms with Gasteiger partial charge in [-0.15, -0.1) is 0 Å². The lowest BCUT2D eigenvalue weighted by Gasteiger charge is -2.42. The molecule has 0 radical (unpaired) electrons. The number of likely N-dealkylation sites (tertiary alicyclic amines) is 1. The van der Waals surface area contributed by atoms with Crippen molar-refractivity contribution < 1.29 is 18.8 Å². The Morgan fingerprint density at radius 2 is 1.80 bits per heavy atom. The third-order valence-corrected chi connectivity index (χ3v) is 6.25. The van der Waals surface area contributed by atoms with Crippen molar-refractivity contribution >= 4 is 40.6 Å². The van der Waals surface area contributed by atoms with Crippen LogP contribution in [-0.4, -0.2) is 65.5 Å². The maximum Gasteiger partial charge on any atom is 0.265 e. The van der Waals surface area contributed by atoms with Gasteiger partial charge in [0.05, 0.1) is 30.7 Å². The Balaban J connectivity index is 0.00000183. The molecule has 2 aromatic heterocycles. The number of hydrogen-bond donors (Lipinski definition) is 2. The fourth-order valence-corrected chi connectivity index (χ4v) is 4.41. The second-order valence-corrected chi connectivity index (χ2v) is 9.70. The molecule has 1 aliphatic heterocycles. The first kappa shape index (κ1) is 31.9. The molecule has 1 aromatic carbocycles. The van der Waals surface area contributed by atoms with Gasteiger partial charge in [0.25, 0.3) is 11.5 Å². The van der Waals surface area contributed by atoms with Crippen molar-refractivity contribution in [2.45, 2.75) is 53.9 Å². The molecule has 216 valence electrons. The third kappa shape index (κ3) is 6.83. The average molecular weight is 555 g/mol. The number of aromatic nitrogens is 2. The molecule has 0 unspecified atom stereocenters. The molecule has 40 heavy (non-hydrogen) atoms. The minimum Gasteiger partial charge on any atom is -0.375 e. The lowest BCUT2D eigenvalue weighted by molar-refractivity contribution is -0.144. The van der Waals surface area contributed by atoms with Crippen LogP contribution in [0.2, 0.25) is 0 Å². The first-order valence-electron chi connectivity index (χ1n) is 12.8. The van der Waals surface area contributed by atoms with Gasteiger partial charge >= 0.3 is 0 Å². The Kier molecular flexibility index (Phi) is 10.5. The molecule has 2 N–H and O–H groups in total. The van der Waals surface area contributed by atoms with E-state index in [0.29, 0.717) is 23.2 Å². The van der Waals surface area contributed by atoms with Gasteiger partial charge in [-0.05, 0) is 25.5 Å². The van der Waals surface area contributed by atoms with Gasteiger partial charge in [-0.2, -0.15) is 0 Å². The van der Waals surface area contributed by atoms with E-state index >= 15 is 0 Å². The zero-order valence-corrected chi connectivity index (χ0v) is 23.2. The van der Waals surface area contributed by atoms with Crippen LogP contribution < -0.4 is 21.1 Å². The van der Waals surface area contributed by atoms with Crippen LogP contribution in [0.3, 0.4) is 0 Å². The first-order valence-corrected chi connectivity index (χ1v) is 12.8. The fourth-order valence-electron chi connectivity index (χ4n) is 4.41. The Hall–Kier alpha value is -4.28. The lowest BCUT2D eigenvalue weighted by Crippen LogP contribution is -2.60. The molecule has 0 bridgehead atoms. The van der Waals surface area contributed by atoms with Gasteiger partial charge in [0.2, 0.25) is 12.3 Å². The lowest BCUT2D eigenvalue weighted by atomic mass is 9.99. The Morgan fingerprint density at radius 1 is 1.18 bits per heavy atom. The second kappa shape index (κ2) is 13.2. The molecule has 3 aromatic rings. The van der Waals surface area contributed by atoms with Crippen molar-refractivity contribution in [2.75, 3.05) is 37.4 Å². The van der Waals surface area contributed by atoms with Crippen LogP contribution >= 0.6 is 0 Å². The molecule has 3 amide bonds. The fraction of sp³-hybridized carbons (Fsp3) is 0.414. The number of carbonyl (C=O) groups excluding carboxylic acids is 3. The van der Waals surface area contributed by atoms with Crippen LogP contribution in [0.4, 0.5) is 15.8 Å². The minimum absolute atomic E-state index is 0. The number of hydrogen-bond acceptors (Lipinski definition) is 6. The number of anilines is 2. The summed E-state index contributed by atoms with van der Waals surface area (Å²) in [5, 5.41) is 5.73. The quantitative estimate of drug-likeness (QED) is 0.412. The highest BCUT2D eigenvalue weighted by atomic mass is 19.1. The molecule has 0 spiro atoms. The van der Waals surface area contributed by atoms with E-state index in [9.17, 15) is 23.6 Å². The highest BCUT2D eigenvalue weighted by molar-refractivity contribution is 6.03. The van der Waals surface area contributed by atoms with Gasteiger partial charge < -0.3 is 20.4 Å². The summed E-state index contributed by atoms with van der Waals surface area (Å²) in [6.45, 7) is 7.01. The van der Waals surface area contributed by atoms with Crippen molar-refractivity contribution in [3.63, 3.8) is 0 Å². The van der Waals surface area contributed by atoms with Crippen LogP contribution in [0.25, 0.3) is 11.0 Å². The monoisotopic (exact) mass is 554 g/mol. The molecule has 0 aliphatic carbocycles. The molecular weight excluding hydrogens is 515 g/mol. The number of alkyl halides is 1. The molecule has 1 saturated heterocycles. The van der Waals surface area contributed by atoms with E-state index in [0.717, 1.165) is 15.7 Å². The smallest absolute Gasteiger partial charge is 0.265 e. The van der Waals surface area contributed by atoms with E-state index in [1.807, 2.05) is 45.0 Å². The zero-order chi connectivity index (χ0) is 28.9. The van der Waals surface area contributed by atoms with Gasteiger partial charge in [0, 0.05) is 26.0 Å². The summed E-state index contributed by atoms with van der Waals surface area (Å²) in [6, 6.07) is 9.02. The highest BCUT2D eigenvalue weighted by Crippen LogP contribution is 2.32. The number of amides is 3. The SMILES string of the molecule is C.CC.Cc1ccc(CNC(=O)c2cc3c(N(C)C)c(NC=O)cnc3n(CC(=O)N3CC(C)(F)C3)c2=O)cc1. The van der Waals surface area contributed by atoms with Crippen LogP contribution in [0.5, 0.6) is 0 Å². The van der Waals surface area contributed by atoms with Crippen molar-refractivity contribution in [3.05, 3.63) is 63.6 Å². The normalized spacial score (nSPS) is 13.2. The molecule has 1 aliphatic rings. The summed E-state index contributed by atoms with van der Waals surface area (Å²) in [5.74, 6) is -1.08. The van der Waals surface area contributed by atoms with E-state index < -0.39 is 29.6 Å². The van der Waals surface area contributed by atoms with Gasteiger partial charge in [-0.3, -0.25) is 23.7 Å². The number of rotatable bonds is 8. The number of benzene rings is 1. The predicted octanol–water partition coefficient (Wildman–Crippen LogP) is 3.50. The molecule has 0 saturated carbocycles. The number of halogens is 1. The second-order valence-electron chi connectivity index (χ2n) is 9.70. The van der Waals surface area contributed by atoms with E-state index in [-0.39, 0.29) is 38.3 Å². The van der Waals surface area contributed by atoms with Crippen molar-refractivity contribution in [1.29, 1.82) is 0 Å². The summed E-state index contributed by atoms with van der Waals surface area (Å²) < 4.78 is 15.1. The Morgan fingerprint density at radius 3 is 2.35 bits per heavy atom. The molecule has 3 heterocycles. The zero-order valence-electron chi connectivity index (χ0n) is 23.2. The van der Waals surface area contributed by atoms with Gasteiger partial charge in [-0.1, -0.05) is 51.1 Å². The van der Waals surface area contributed by atoms with E-state index in [4.69, 9.17) is 0 Å². The van der Waals surface area contributed by atoms with Crippen LogP contribution in [0.15, 0.2) is 41.3 Å².